The molecule has 0 aliphatic carbocycles. The minimum absolute atomic E-state index is 0.0474. The van der Waals surface area contributed by atoms with Gasteiger partial charge in [-0.05, 0) is 62.6 Å². The van der Waals surface area contributed by atoms with Gasteiger partial charge < -0.3 is 9.88 Å². The number of hydrogen-bond donors (Lipinski definition) is 1. The summed E-state index contributed by atoms with van der Waals surface area (Å²) >= 11 is 0. The van der Waals surface area contributed by atoms with Gasteiger partial charge in [0, 0.05) is 29.7 Å². The molecule has 3 aromatic carbocycles. The van der Waals surface area contributed by atoms with Crippen molar-refractivity contribution in [2.45, 2.75) is 39.3 Å². The van der Waals surface area contributed by atoms with Crippen molar-refractivity contribution in [1.82, 2.24) is 9.88 Å². The van der Waals surface area contributed by atoms with E-state index in [-0.39, 0.29) is 12.1 Å². The van der Waals surface area contributed by atoms with Gasteiger partial charge in [-0.3, -0.25) is 4.90 Å². The van der Waals surface area contributed by atoms with E-state index in [0.717, 1.165) is 30.8 Å². The van der Waals surface area contributed by atoms with Crippen molar-refractivity contribution in [3.8, 4) is 0 Å². The molecule has 31 heavy (non-hydrogen) atoms. The van der Waals surface area contributed by atoms with Crippen LogP contribution in [0.25, 0.3) is 10.9 Å². The molecule has 158 valence electrons. The number of anilines is 2. The highest BCUT2D eigenvalue weighted by atomic mass is 16.2. The highest BCUT2D eigenvalue weighted by Gasteiger charge is 2.19. The third-order valence-corrected chi connectivity index (χ3v) is 5.66. The van der Waals surface area contributed by atoms with E-state index in [9.17, 15) is 4.79 Å². The number of carbonyl (C=O) groups excluding carboxylic acids is 1. The molecule has 0 aliphatic heterocycles. The largest absolute Gasteiger partial charge is 0.347 e. The van der Waals surface area contributed by atoms with E-state index in [0.29, 0.717) is 0 Å². The maximum atomic E-state index is 13.2. The molecule has 0 spiro atoms. The second-order valence-electron chi connectivity index (χ2n) is 7.85. The smallest absolute Gasteiger partial charge is 0.326 e. The first-order valence-electron chi connectivity index (χ1n) is 10.9. The van der Waals surface area contributed by atoms with Gasteiger partial charge in [0.1, 0.15) is 0 Å². The fourth-order valence-electron chi connectivity index (χ4n) is 4.04. The highest BCUT2D eigenvalue weighted by Crippen LogP contribution is 2.26. The summed E-state index contributed by atoms with van der Waals surface area (Å²) in [7, 11) is 0. The third kappa shape index (κ3) is 4.64. The standard InChI is InChI=1S/C27H29N3O/c1-3-29-20-22(25-16-10-11-17-26(25)29)19-18-21(2)28-27(31)30(23-12-6-4-7-13-23)24-14-8-5-9-15-24/h4-17,20-21H,3,18-19H2,1-2H3,(H,28,31)/t21-/m0/s1. The molecule has 1 N–H and O–H groups in total. The van der Waals surface area contributed by atoms with Crippen LogP contribution in [-0.4, -0.2) is 16.6 Å². The summed E-state index contributed by atoms with van der Waals surface area (Å²) < 4.78 is 2.29. The van der Waals surface area contributed by atoms with E-state index >= 15 is 0 Å². The van der Waals surface area contributed by atoms with Crippen LogP contribution in [0, 0.1) is 0 Å². The summed E-state index contributed by atoms with van der Waals surface area (Å²) in [5.41, 5.74) is 4.31. The lowest BCUT2D eigenvalue weighted by atomic mass is 10.1. The molecule has 0 unspecified atom stereocenters. The minimum Gasteiger partial charge on any atom is -0.347 e. The molecular weight excluding hydrogens is 382 g/mol. The summed E-state index contributed by atoms with van der Waals surface area (Å²) in [5, 5.41) is 4.50. The number of nitrogens with zero attached hydrogens (tertiary/aromatic N) is 2. The quantitative estimate of drug-likeness (QED) is 0.369. The van der Waals surface area contributed by atoms with Gasteiger partial charge in [-0.15, -0.1) is 0 Å². The average Bonchev–Trinajstić information content (AvgIpc) is 3.17. The van der Waals surface area contributed by atoms with Gasteiger partial charge in [0.15, 0.2) is 0 Å². The predicted octanol–water partition coefficient (Wildman–Crippen LogP) is 6.53. The van der Waals surface area contributed by atoms with Crippen LogP contribution in [0.4, 0.5) is 16.2 Å². The van der Waals surface area contributed by atoms with E-state index in [2.05, 4.69) is 54.2 Å². The number of nitrogens with one attached hydrogen (secondary N) is 1. The number of fused-ring (bicyclic) bond motifs is 1. The molecule has 0 saturated carbocycles. The van der Waals surface area contributed by atoms with Crippen LogP contribution in [-0.2, 0) is 13.0 Å². The Kier molecular flexibility index (Phi) is 6.37. The van der Waals surface area contributed by atoms with E-state index in [4.69, 9.17) is 0 Å². The van der Waals surface area contributed by atoms with Crippen molar-refractivity contribution in [1.29, 1.82) is 0 Å². The molecular formula is C27H29N3O. The Labute approximate surface area is 184 Å². The molecule has 2 amide bonds. The first-order valence-corrected chi connectivity index (χ1v) is 10.9. The number of benzene rings is 3. The molecule has 0 radical (unpaired) electrons. The summed E-state index contributed by atoms with van der Waals surface area (Å²) in [6.07, 6.45) is 4.05. The molecule has 0 bridgehead atoms. The van der Waals surface area contributed by atoms with Gasteiger partial charge in [0.2, 0.25) is 0 Å². The zero-order valence-corrected chi connectivity index (χ0v) is 18.2. The van der Waals surface area contributed by atoms with Gasteiger partial charge in [-0.2, -0.15) is 0 Å². The number of carbonyl (C=O) groups is 1. The van der Waals surface area contributed by atoms with Crippen LogP contribution in [0.3, 0.4) is 0 Å². The van der Waals surface area contributed by atoms with E-state index in [1.54, 1.807) is 4.90 Å². The molecule has 1 heterocycles. The van der Waals surface area contributed by atoms with Gasteiger partial charge in [0.25, 0.3) is 0 Å². The number of para-hydroxylation sites is 3. The van der Waals surface area contributed by atoms with Crippen LogP contribution >= 0.6 is 0 Å². The van der Waals surface area contributed by atoms with Crippen molar-refractivity contribution in [3.63, 3.8) is 0 Å². The summed E-state index contributed by atoms with van der Waals surface area (Å²) in [6.45, 7) is 5.20. The molecule has 0 saturated heterocycles. The summed E-state index contributed by atoms with van der Waals surface area (Å²) in [6, 6.07) is 28.0. The topological polar surface area (TPSA) is 37.3 Å². The minimum atomic E-state index is -0.110. The average molecular weight is 412 g/mol. The van der Waals surface area contributed by atoms with Crippen molar-refractivity contribution in [2.24, 2.45) is 0 Å². The maximum Gasteiger partial charge on any atom is 0.326 e. The monoisotopic (exact) mass is 411 g/mol. The Bertz CT molecular complexity index is 1100. The zero-order valence-electron chi connectivity index (χ0n) is 18.2. The zero-order chi connectivity index (χ0) is 21.6. The second-order valence-corrected chi connectivity index (χ2v) is 7.85. The third-order valence-electron chi connectivity index (χ3n) is 5.66. The highest BCUT2D eigenvalue weighted by molar-refractivity contribution is 5.99. The Morgan fingerprint density at radius 2 is 1.48 bits per heavy atom. The van der Waals surface area contributed by atoms with Crippen molar-refractivity contribution in [2.75, 3.05) is 4.90 Å². The molecule has 4 rings (SSSR count). The van der Waals surface area contributed by atoms with Crippen molar-refractivity contribution >= 4 is 28.3 Å². The fraction of sp³-hybridized carbons (Fsp3) is 0.222. The van der Waals surface area contributed by atoms with Crippen molar-refractivity contribution in [3.05, 3.63) is 96.7 Å². The number of rotatable bonds is 7. The molecule has 4 heteroatoms. The molecule has 1 aromatic heterocycles. The first kappa shape index (κ1) is 20.7. The lowest BCUT2D eigenvalue weighted by molar-refractivity contribution is 0.245. The van der Waals surface area contributed by atoms with Crippen LogP contribution in [0.1, 0.15) is 25.8 Å². The Balaban J connectivity index is 1.47. The molecule has 0 fully saturated rings. The van der Waals surface area contributed by atoms with E-state index in [1.165, 1.54) is 16.5 Å². The van der Waals surface area contributed by atoms with Crippen molar-refractivity contribution < 1.29 is 4.79 Å². The van der Waals surface area contributed by atoms with Gasteiger partial charge >= 0.3 is 6.03 Å². The van der Waals surface area contributed by atoms with Crippen LogP contribution < -0.4 is 10.2 Å². The Morgan fingerprint density at radius 1 is 0.903 bits per heavy atom. The molecule has 1 atom stereocenters. The first-order chi connectivity index (χ1) is 15.2. The lowest BCUT2D eigenvalue weighted by Gasteiger charge is -2.25. The van der Waals surface area contributed by atoms with E-state index < -0.39 is 0 Å². The number of urea groups is 1. The molecule has 4 aromatic rings. The maximum absolute atomic E-state index is 13.2. The van der Waals surface area contributed by atoms with Crippen LogP contribution in [0.5, 0.6) is 0 Å². The van der Waals surface area contributed by atoms with E-state index in [1.807, 2.05) is 60.7 Å². The van der Waals surface area contributed by atoms with Gasteiger partial charge in [0.05, 0.1) is 11.4 Å². The normalized spacial score (nSPS) is 11.9. The predicted molar refractivity (Wildman–Crippen MR) is 129 cm³/mol. The van der Waals surface area contributed by atoms with Crippen LogP contribution in [0.2, 0.25) is 0 Å². The summed E-state index contributed by atoms with van der Waals surface area (Å²) in [4.78, 5) is 15.0. The summed E-state index contributed by atoms with van der Waals surface area (Å²) in [5.74, 6) is 0. The van der Waals surface area contributed by atoms with Crippen LogP contribution in [0.15, 0.2) is 91.1 Å². The van der Waals surface area contributed by atoms with Gasteiger partial charge in [-0.25, -0.2) is 4.79 Å². The number of amides is 2. The lowest BCUT2D eigenvalue weighted by Crippen LogP contribution is -2.41. The SMILES string of the molecule is CCn1cc(CC[C@H](C)NC(=O)N(c2ccccc2)c2ccccc2)c2ccccc21. The Hall–Kier alpha value is -3.53. The number of hydrogen-bond acceptors (Lipinski definition) is 1. The Morgan fingerprint density at radius 3 is 2.10 bits per heavy atom. The number of aryl methyl sites for hydroxylation is 2. The van der Waals surface area contributed by atoms with Gasteiger partial charge in [-0.1, -0.05) is 54.6 Å². The molecule has 4 nitrogen and oxygen atoms in total. The fourth-order valence-corrected chi connectivity index (χ4v) is 4.04. The second kappa shape index (κ2) is 9.52. The number of aromatic nitrogens is 1. The molecule has 0 aliphatic rings.